The smallest absolute Gasteiger partial charge is 0.258 e. The van der Waals surface area contributed by atoms with Gasteiger partial charge in [0.2, 0.25) is 17.7 Å². The van der Waals surface area contributed by atoms with Crippen LogP contribution in [0.1, 0.15) is 24.3 Å². The minimum Gasteiger partial charge on any atom is -0.491 e. The van der Waals surface area contributed by atoms with Gasteiger partial charge in [-0.2, -0.15) is 0 Å². The number of nitrogens with zero attached hydrogens (tertiary/aromatic N) is 3. The Kier molecular flexibility index (Phi) is 8.04. The van der Waals surface area contributed by atoms with Crippen LogP contribution in [0.4, 0.5) is 15.8 Å². The van der Waals surface area contributed by atoms with E-state index in [0.717, 1.165) is 17.0 Å². The lowest BCUT2D eigenvalue weighted by Crippen LogP contribution is -2.60. The highest BCUT2D eigenvalue weighted by Gasteiger charge is 2.77. The molecule has 0 radical (unpaired) electrons. The van der Waals surface area contributed by atoms with Gasteiger partial charge in [0.25, 0.3) is 11.8 Å². The largest absolute Gasteiger partial charge is 0.491 e. The van der Waals surface area contributed by atoms with Crippen molar-refractivity contribution in [1.82, 2.24) is 4.98 Å². The van der Waals surface area contributed by atoms with Crippen LogP contribution in [0.25, 0.3) is 22.6 Å². The van der Waals surface area contributed by atoms with Crippen molar-refractivity contribution >= 4 is 69.3 Å². The normalized spacial score (nSPS) is 27.6. The van der Waals surface area contributed by atoms with Gasteiger partial charge in [-0.25, -0.2) is 14.3 Å². The predicted octanol–water partition coefficient (Wildman–Crippen LogP) is 6.77. The molecule has 1 aromatic heterocycles. The summed E-state index contributed by atoms with van der Waals surface area (Å²) in [5, 5.41) is 9.60. The number of aromatic nitrogens is 1. The summed E-state index contributed by atoms with van der Waals surface area (Å²) in [4.78, 5) is 60.3. The number of hydrogen-bond acceptors (Lipinski definition) is 8. The molecule has 4 aliphatic rings. The van der Waals surface area contributed by atoms with Crippen LogP contribution < -0.4 is 14.5 Å². The Balaban J connectivity index is 1.13. The van der Waals surface area contributed by atoms with Crippen LogP contribution >= 0.6 is 23.2 Å². The van der Waals surface area contributed by atoms with Gasteiger partial charge in [-0.05, 0) is 85.5 Å². The van der Waals surface area contributed by atoms with Gasteiger partial charge in [0.15, 0.2) is 15.3 Å². The van der Waals surface area contributed by atoms with Crippen molar-refractivity contribution < 1.29 is 37.8 Å². The van der Waals surface area contributed by atoms with E-state index in [-0.39, 0.29) is 31.7 Å². The number of rotatable bonds is 7. The van der Waals surface area contributed by atoms with Gasteiger partial charge in [-0.1, -0.05) is 42.0 Å². The number of anilines is 2. The molecule has 2 aliphatic heterocycles. The molecule has 3 fully saturated rings. The monoisotopic (exact) mass is 765 g/mol. The molecule has 0 bridgehead atoms. The number of allylic oxidation sites excluding steroid dienone is 2. The third kappa shape index (κ3) is 4.84. The highest BCUT2D eigenvalue weighted by molar-refractivity contribution is 6.58. The number of carbonyl (C=O) groups excluding carboxylic acids is 4. The summed E-state index contributed by atoms with van der Waals surface area (Å²) in [5.74, 6) is -5.95. The Morgan fingerprint density at radius 2 is 1.52 bits per heavy atom. The van der Waals surface area contributed by atoms with Gasteiger partial charge >= 0.3 is 0 Å². The van der Waals surface area contributed by atoms with Gasteiger partial charge < -0.3 is 14.3 Å². The number of aliphatic hydroxyl groups is 1. The molecule has 2 saturated heterocycles. The molecule has 54 heavy (non-hydrogen) atoms. The lowest BCUT2D eigenvalue weighted by atomic mass is 9.56. The molecule has 2 aliphatic carbocycles. The number of aliphatic hydroxyl groups excluding tert-OH is 1. The maximum atomic E-state index is 14.7. The number of benzene rings is 4. The molecule has 4 amide bonds. The number of halogens is 3. The molecule has 4 aromatic carbocycles. The first-order valence-corrected chi connectivity index (χ1v) is 18.2. The quantitative estimate of drug-likeness (QED) is 0.109. The molecule has 13 heteroatoms. The van der Waals surface area contributed by atoms with Gasteiger partial charge in [0.05, 0.1) is 29.8 Å². The van der Waals surface area contributed by atoms with Crippen molar-refractivity contribution in [2.45, 2.75) is 28.5 Å². The molecular weight excluding hydrogens is 736 g/mol. The Labute approximate surface area is 317 Å². The summed E-state index contributed by atoms with van der Waals surface area (Å²) in [7, 11) is 0. The van der Waals surface area contributed by atoms with E-state index in [2.05, 4.69) is 4.98 Å². The summed E-state index contributed by atoms with van der Waals surface area (Å²) in [5.41, 5.74) is 3.43. The SMILES string of the molecule is O=C1[C@H]2[C@H](CC=C3[C@H]2C[C@@]2(Cl)C(=O)N(c4ccc(F)cc4)C(=O)[C@@]2(Cl)[C@H]3c2ccccc2OCCO)C(=O)N1c1ccc(-c2nc3ccccc3o2)cc1. The average molecular weight is 767 g/mol. The van der Waals surface area contributed by atoms with Gasteiger partial charge in [0, 0.05) is 17.0 Å². The van der Waals surface area contributed by atoms with Crippen LogP contribution in [0.5, 0.6) is 5.75 Å². The van der Waals surface area contributed by atoms with Gasteiger partial charge in [0.1, 0.15) is 23.7 Å². The number of fused-ring (bicyclic) bond motifs is 5. The molecule has 10 nitrogen and oxygen atoms in total. The summed E-state index contributed by atoms with van der Waals surface area (Å²) >= 11 is 15.0. The average Bonchev–Trinajstić information content (AvgIpc) is 3.77. The summed E-state index contributed by atoms with van der Waals surface area (Å²) in [6.07, 6.45) is 1.77. The molecule has 5 aromatic rings. The third-order valence-corrected chi connectivity index (χ3v) is 12.6. The number of ether oxygens (including phenoxy) is 1. The maximum absolute atomic E-state index is 14.7. The topological polar surface area (TPSA) is 130 Å². The minimum atomic E-state index is -2.13. The molecule has 0 spiro atoms. The predicted molar refractivity (Wildman–Crippen MR) is 198 cm³/mol. The molecule has 9 rings (SSSR count). The molecule has 1 saturated carbocycles. The first-order chi connectivity index (χ1) is 26.1. The number of carbonyl (C=O) groups is 4. The standard InChI is InChI=1S/C41H30Cl2FN3O7/c42-40-21-29-26(17-18-28-33(29)37(50)46(36(28)49)24-13-9-22(10-14-24)35-45-30-6-2-4-8-32(30)54-35)34(27-5-1-3-7-31(27)53-20-19-48)41(40,43)39(52)47(38(40)51)25-15-11-23(44)12-16-25/h1-17,28-29,33-34,48H,18-21H2/t28-,29+,33-,34+,40+,41-/m0/s1. The Morgan fingerprint density at radius 3 is 2.26 bits per heavy atom. The molecule has 6 atom stereocenters. The number of imide groups is 2. The second-order valence-corrected chi connectivity index (χ2v) is 15.1. The molecular formula is C41H30Cl2FN3O7. The van der Waals surface area contributed by atoms with E-state index in [1.165, 1.54) is 17.0 Å². The van der Waals surface area contributed by atoms with E-state index < -0.39 is 62.9 Å². The number of alkyl halides is 2. The first kappa shape index (κ1) is 34.4. The Morgan fingerprint density at radius 1 is 0.833 bits per heavy atom. The molecule has 1 N–H and O–H groups in total. The van der Waals surface area contributed by atoms with Crippen LogP contribution in [0.3, 0.4) is 0 Å². The third-order valence-electron chi connectivity index (χ3n) is 11.1. The van der Waals surface area contributed by atoms with E-state index >= 15 is 0 Å². The fourth-order valence-electron chi connectivity index (χ4n) is 8.75. The number of amides is 4. The Hall–Kier alpha value is -5.36. The fourth-order valence-corrected chi connectivity index (χ4v) is 9.68. The lowest BCUT2D eigenvalue weighted by molar-refractivity contribution is -0.125. The highest BCUT2D eigenvalue weighted by Crippen LogP contribution is 2.66. The second-order valence-electron chi connectivity index (χ2n) is 13.9. The highest BCUT2D eigenvalue weighted by atomic mass is 35.5. The van der Waals surface area contributed by atoms with E-state index in [1.807, 2.05) is 30.3 Å². The maximum Gasteiger partial charge on any atom is 0.258 e. The molecule has 0 unspecified atom stereocenters. The summed E-state index contributed by atoms with van der Waals surface area (Å²) in [6, 6.07) is 25.8. The van der Waals surface area contributed by atoms with Crippen LogP contribution in [0.15, 0.2) is 113 Å². The zero-order valence-corrected chi connectivity index (χ0v) is 29.8. The lowest BCUT2D eigenvalue weighted by Gasteiger charge is -2.50. The van der Waals surface area contributed by atoms with Gasteiger partial charge in [-0.15, -0.1) is 23.2 Å². The van der Waals surface area contributed by atoms with Crippen LogP contribution in [0.2, 0.25) is 0 Å². The summed E-state index contributed by atoms with van der Waals surface area (Å²) < 4.78 is 25.8. The number of para-hydroxylation sites is 3. The zero-order valence-electron chi connectivity index (χ0n) is 28.3. The number of oxazole rings is 1. The van der Waals surface area contributed by atoms with Crippen LogP contribution in [-0.4, -0.2) is 56.7 Å². The van der Waals surface area contributed by atoms with Crippen molar-refractivity contribution in [3.63, 3.8) is 0 Å². The molecule has 272 valence electrons. The van der Waals surface area contributed by atoms with Crippen LogP contribution in [0, 0.1) is 23.6 Å². The van der Waals surface area contributed by atoms with E-state index in [4.69, 9.17) is 32.4 Å². The second kappa shape index (κ2) is 12.6. The van der Waals surface area contributed by atoms with Crippen molar-refractivity contribution in [2.75, 3.05) is 23.0 Å². The van der Waals surface area contributed by atoms with E-state index in [9.17, 15) is 28.7 Å². The fraction of sp³-hybridized carbons (Fsp3) is 0.244. The van der Waals surface area contributed by atoms with Crippen molar-refractivity contribution in [1.29, 1.82) is 0 Å². The van der Waals surface area contributed by atoms with E-state index in [1.54, 1.807) is 48.5 Å². The van der Waals surface area contributed by atoms with Crippen molar-refractivity contribution in [3.05, 3.63) is 120 Å². The zero-order chi connectivity index (χ0) is 37.5. The van der Waals surface area contributed by atoms with E-state index in [0.29, 0.717) is 45.1 Å². The number of hydrogen-bond donors (Lipinski definition) is 1. The minimum absolute atomic E-state index is 0.0695. The summed E-state index contributed by atoms with van der Waals surface area (Å²) in [6.45, 7) is -0.364. The Bertz CT molecular complexity index is 2380. The molecule has 3 heterocycles. The van der Waals surface area contributed by atoms with Crippen LogP contribution in [-0.2, 0) is 19.2 Å². The van der Waals surface area contributed by atoms with Gasteiger partial charge in [-0.3, -0.25) is 24.1 Å². The van der Waals surface area contributed by atoms with Crippen molar-refractivity contribution in [2.24, 2.45) is 17.8 Å². The first-order valence-electron chi connectivity index (χ1n) is 17.5. The van der Waals surface area contributed by atoms with Crippen molar-refractivity contribution in [3.8, 4) is 17.2 Å².